The third kappa shape index (κ3) is 9.24. The second-order valence-electron chi connectivity index (χ2n) is 7.14. The number of aromatic nitrogens is 2. The van der Waals surface area contributed by atoms with E-state index in [4.69, 9.17) is 0 Å². The zero-order chi connectivity index (χ0) is 19.2. The van der Waals surface area contributed by atoms with Crippen LogP contribution in [0, 0.1) is 0 Å². The van der Waals surface area contributed by atoms with Gasteiger partial charge in [-0.15, -0.1) is 0 Å². The molecule has 0 saturated heterocycles. The van der Waals surface area contributed by atoms with Crippen molar-refractivity contribution in [3.8, 4) is 0 Å². The molecule has 152 valence electrons. The fourth-order valence-corrected chi connectivity index (χ4v) is 3.06. The molecule has 6 heteroatoms. The van der Waals surface area contributed by atoms with Gasteiger partial charge in [-0.1, -0.05) is 0 Å². The largest absolute Gasteiger partial charge is 0.353 e. The maximum atomic E-state index is 3.52. The molecule has 0 atom stereocenters. The van der Waals surface area contributed by atoms with Gasteiger partial charge in [0.05, 0.1) is 0 Å². The van der Waals surface area contributed by atoms with E-state index >= 15 is 0 Å². The average molecular weight is 375 g/mol. The highest BCUT2D eigenvalue weighted by Crippen LogP contribution is 1.98. The van der Waals surface area contributed by atoms with Crippen LogP contribution in [-0.4, -0.2) is 48.4 Å². The van der Waals surface area contributed by atoms with E-state index in [0.29, 0.717) is 0 Å². The third-order valence-electron chi connectivity index (χ3n) is 4.84. The Labute approximate surface area is 164 Å². The first-order valence-corrected chi connectivity index (χ1v) is 10.3. The highest BCUT2D eigenvalue weighted by atomic mass is 15.0. The minimum absolute atomic E-state index is 0.952. The Morgan fingerprint density at radius 1 is 0.593 bits per heavy atom. The van der Waals surface area contributed by atoms with Crippen LogP contribution in [0.2, 0.25) is 0 Å². The molecule has 6 nitrogen and oxygen atoms in total. The van der Waals surface area contributed by atoms with Crippen molar-refractivity contribution in [2.45, 2.75) is 32.4 Å². The van der Waals surface area contributed by atoms with Crippen LogP contribution in [0.5, 0.6) is 0 Å². The topological polar surface area (TPSA) is 58.0 Å². The second-order valence-corrected chi connectivity index (χ2v) is 7.14. The zero-order valence-electron chi connectivity index (χ0n) is 17.1. The molecule has 2 heterocycles. The van der Waals surface area contributed by atoms with Crippen molar-refractivity contribution < 1.29 is 0 Å². The molecule has 0 saturated carbocycles. The van der Waals surface area contributed by atoms with E-state index in [2.05, 4.69) is 81.2 Å². The van der Waals surface area contributed by atoms with Gasteiger partial charge in [0.2, 0.25) is 0 Å². The average Bonchev–Trinajstić information content (AvgIpc) is 3.26. The highest BCUT2D eigenvalue weighted by Gasteiger charge is 1.97. The summed E-state index contributed by atoms with van der Waals surface area (Å²) >= 11 is 0. The summed E-state index contributed by atoms with van der Waals surface area (Å²) in [5.41, 5.74) is 2.67. The number of aryl methyl sites for hydroxylation is 2. The lowest BCUT2D eigenvalue weighted by Crippen LogP contribution is -2.27. The zero-order valence-corrected chi connectivity index (χ0v) is 17.1. The van der Waals surface area contributed by atoms with Gasteiger partial charge >= 0.3 is 0 Å². The van der Waals surface area contributed by atoms with Crippen molar-refractivity contribution in [3.63, 3.8) is 0 Å². The number of hydrogen-bond acceptors (Lipinski definition) is 4. The summed E-state index contributed by atoms with van der Waals surface area (Å²) in [5, 5.41) is 14.0. The first-order valence-electron chi connectivity index (χ1n) is 10.3. The molecular formula is C21H38N6. The molecule has 0 radical (unpaired) electrons. The molecule has 0 bridgehead atoms. The van der Waals surface area contributed by atoms with Crippen molar-refractivity contribution in [1.82, 2.24) is 30.4 Å². The van der Waals surface area contributed by atoms with Gasteiger partial charge in [0, 0.05) is 51.0 Å². The summed E-state index contributed by atoms with van der Waals surface area (Å²) in [4.78, 5) is 0. The highest BCUT2D eigenvalue weighted by molar-refractivity contribution is 5.06. The van der Waals surface area contributed by atoms with E-state index in [0.717, 1.165) is 52.4 Å². The van der Waals surface area contributed by atoms with Crippen molar-refractivity contribution in [1.29, 1.82) is 0 Å². The van der Waals surface area contributed by atoms with Crippen LogP contribution in [0.1, 0.15) is 30.7 Å². The number of rotatable bonds is 16. The fraction of sp³-hybridized carbons (Fsp3) is 0.619. The molecule has 4 N–H and O–H groups in total. The summed E-state index contributed by atoms with van der Waals surface area (Å²) in [5.74, 6) is 0. The lowest BCUT2D eigenvalue weighted by Gasteiger charge is -2.08. The van der Waals surface area contributed by atoms with Crippen molar-refractivity contribution in [2.75, 3.05) is 39.3 Å². The molecule has 2 aromatic heterocycles. The number of hydrogen-bond donors (Lipinski definition) is 4. The molecule has 0 amide bonds. The summed E-state index contributed by atoms with van der Waals surface area (Å²) in [7, 11) is 4.18. The van der Waals surface area contributed by atoms with Gasteiger partial charge in [-0.2, -0.15) is 0 Å². The van der Waals surface area contributed by atoms with Crippen LogP contribution >= 0.6 is 0 Å². The van der Waals surface area contributed by atoms with Crippen molar-refractivity contribution in [3.05, 3.63) is 48.0 Å². The predicted octanol–water partition coefficient (Wildman–Crippen LogP) is 1.59. The normalized spacial score (nSPS) is 11.3. The molecule has 0 aliphatic carbocycles. The maximum absolute atomic E-state index is 3.52. The lowest BCUT2D eigenvalue weighted by atomic mass is 10.3. The minimum atomic E-state index is 0.952. The van der Waals surface area contributed by atoms with E-state index in [1.54, 1.807) is 0 Å². The Kier molecular flexibility index (Phi) is 10.9. The van der Waals surface area contributed by atoms with Crippen LogP contribution in [0.3, 0.4) is 0 Å². The predicted molar refractivity (Wildman–Crippen MR) is 114 cm³/mol. The van der Waals surface area contributed by atoms with E-state index < -0.39 is 0 Å². The van der Waals surface area contributed by atoms with Gasteiger partial charge in [-0.25, -0.2) is 0 Å². The monoisotopic (exact) mass is 374 g/mol. The Balaban J connectivity index is 1.27. The standard InChI is InChI=1S/C21H38N6/c1-26-16-3-8-20(26)18-24-14-6-12-22-10-5-11-23-13-7-15-25-19-21-9-4-17-27(21)2/h3-4,8-9,16-17,22-25H,5-7,10-15,18-19H2,1-2H3. The Hall–Kier alpha value is -1.60. The third-order valence-corrected chi connectivity index (χ3v) is 4.84. The van der Waals surface area contributed by atoms with Crippen molar-refractivity contribution in [2.24, 2.45) is 14.1 Å². The quantitative estimate of drug-likeness (QED) is 0.337. The molecule has 2 aromatic rings. The Bertz CT molecular complexity index is 551. The number of nitrogens with one attached hydrogen (secondary N) is 4. The van der Waals surface area contributed by atoms with Gasteiger partial charge in [0.15, 0.2) is 0 Å². The molecule has 0 aliphatic rings. The first kappa shape index (κ1) is 21.7. The van der Waals surface area contributed by atoms with Crippen LogP contribution in [0.25, 0.3) is 0 Å². The van der Waals surface area contributed by atoms with E-state index in [1.807, 2.05) is 0 Å². The molecular weight excluding hydrogens is 336 g/mol. The summed E-state index contributed by atoms with van der Waals surface area (Å²) in [6.07, 6.45) is 7.71. The second kappa shape index (κ2) is 13.6. The smallest absolute Gasteiger partial charge is 0.0359 e. The molecule has 0 spiro atoms. The molecule has 0 unspecified atom stereocenters. The van der Waals surface area contributed by atoms with Gasteiger partial charge in [0.1, 0.15) is 0 Å². The molecule has 0 aromatic carbocycles. The Morgan fingerprint density at radius 2 is 0.963 bits per heavy atom. The van der Waals surface area contributed by atoms with Gasteiger partial charge < -0.3 is 30.4 Å². The van der Waals surface area contributed by atoms with Gasteiger partial charge in [0.25, 0.3) is 0 Å². The Morgan fingerprint density at radius 3 is 1.30 bits per heavy atom. The van der Waals surface area contributed by atoms with Gasteiger partial charge in [-0.05, 0) is 82.8 Å². The van der Waals surface area contributed by atoms with Crippen LogP contribution < -0.4 is 21.3 Å². The van der Waals surface area contributed by atoms with Crippen molar-refractivity contribution >= 4 is 0 Å². The minimum Gasteiger partial charge on any atom is -0.353 e. The lowest BCUT2D eigenvalue weighted by molar-refractivity contribution is 0.547. The molecule has 27 heavy (non-hydrogen) atoms. The molecule has 0 aliphatic heterocycles. The summed E-state index contributed by atoms with van der Waals surface area (Å²) in [6, 6.07) is 8.51. The number of nitrogens with zero attached hydrogens (tertiary/aromatic N) is 2. The molecule has 0 fully saturated rings. The maximum Gasteiger partial charge on any atom is 0.0359 e. The van der Waals surface area contributed by atoms with Gasteiger partial charge in [-0.3, -0.25) is 0 Å². The van der Waals surface area contributed by atoms with Crippen LogP contribution in [0.15, 0.2) is 36.7 Å². The van der Waals surface area contributed by atoms with Crippen LogP contribution in [-0.2, 0) is 27.2 Å². The van der Waals surface area contributed by atoms with Crippen LogP contribution in [0.4, 0.5) is 0 Å². The van der Waals surface area contributed by atoms with E-state index in [1.165, 1.54) is 30.7 Å². The van der Waals surface area contributed by atoms with E-state index in [9.17, 15) is 0 Å². The first-order chi connectivity index (χ1) is 13.3. The SMILES string of the molecule is Cn1cccc1CNCCCNCCCNCCCNCc1cccn1C. The van der Waals surface area contributed by atoms with E-state index in [-0.39, 0.29) is 0 Å². The fourth-order valence-electron chi connectivity index (χ4n) is 3.06. The summed E-state index contributed by atoms with van der Waals surface area (Å²) in [6.45, 7) is 8.39. The molecule has 2 rings (SSSR count). The summed E-state index contributed by atoms with van der Waals surface area (Å²) < 4.78 is 4.33.